The van der Waals surface area contributed by atoms with Gasteiger partial charge in [-0.15, -0.1) is 0 Å². The summed E-state index contributed by atoms with van der Waals surface area (Å²) in [5.74, 6) is 0.241. The van der Waals surface area contributed by atoms with Crippen molar-refractivity contribution in [1.29, 1.82) is 0 Å². The molecule has 0 spiro atoms. The van der Waals surface area contributed by atoms with Crippen LogP contribution in [-0.2, 0) is 11.2 Å². The molecule has 2 nitrogen and oxygen atoms in total. The summed E-state index contributed by atoms with van der Waals surface area (Å²) >= 11 is 9.43. The highest BCUT2D eigenvalue weighted by atomic mass is 79.9. The fourth-order valence-corrected chi connectivity index (χ4v) is 2.38. The number of carbonyl (C=O) groups excluding carboxylic acids is 1. The molecule has 0 fully saturated rings. The minimum atomic E-state index is 0.241. The van der Waals surface area contributed by atoms with E-state index in [1.165, 1.54) is 0 Å². The molecular formula is C14H19BrClNO. The van der Waals surface area contributed by atoms with Crippen molar-refractivity contribution in [3.63, 3.8) is 0 Å². The van der Waals surface area contributed by atoms with Crippen LogP contribution >= 0.6 is 27.5 Å². The molecule has 0 saturated carbocycles. The lowest BCUT2D eigenvalue weighted by atomic mass is 10.1. The van der Waals surface area contributed by atoms with Gasteiger partial charge in [-0.05, 0) is 30.7 Å². The third kappa shape index (κ3) is 5.98. The number of hydrogen-bond acceptors (Lipinski definition) is 2. The summed E-state index contributed by atoms with van der Waals surface area (Å²) in [6.07, 6.45) is 1.91. The summed E-state index contributed by atoms with van der Waals surface area (Å²) in [5.41, 5.74) is 0.904. The van der Waals surface area contributed by atoms with Crippen LogP contribution in [0.3, 0.4) is 0 Å². The standard InChI is InChI=1S/C14H19BrClNO/c1-10(2)17-7-3-4-13(18)8-11-5-6-12(15)9-14(11)16/h5-6,9-10,17H,3-4,7-8H2,1-2H3. The highest BCUT2D eigenvalue weighted by Gasteiger charge is 2.07. The molecule has 0 unspecified atom stereocenters. The first-order valence-corrected chi connectivity index (χ1v) is 7.35. The number of Topliss-reactive ketones (excluding diaryl/α,β-unsaturated/α-hetero) is 1. The van der Waals surface area contributed by atoms with Gasteiger partial charge in [0.15, 0.2) is 0 Å². The van der Waals surface area contributed by atoms with Crippen molar-refractivity contribution in [3.8, 4) is 0 Å². The average Bonchev–Trinajstić information content (AvgIpc) is 2.28. The lowest BCUT2D eigenvalue weighted by Gasteiger charge is -2.07. The van der Waals surface area contributed by atoms with Gasteiger partial charge in [-0.1, -0.05) is 47.4 Å². The highest BCUT2D eigenvalue weighted by molar-refractivity contribution is 9.10. The molecule has 0 atom stereocenters. The van der Waals surface area contributed by atoms with Crippen molar-refractivity contribution < 1.29 is 4.79 Å². The maximum absolute atomic E-state index is 11.8. The molecule has 100 valence electrons. The second kappa shape index (κ2) is 7.93. The normalized spacial score (nSPS) is 10.9. The molecule has 0 amide bonds. The van der Waals surface area contributed by atoms with E-state index in [0.717, 1.165) is 23.0 Å². The number of ketones is 1. The summed E-state index contributed by atoms with van der Waals surface area (Å²) in [4.78, 5) is 11.8. The lowest BCUT2D eigenvalue weighted by molar-refractivity contribution is -0.118. The minimum Gasteiger partial charge on any atom is -0.315 e. The number of benzene rings is 1. The summed E-state index contributed by atoms with van der Waals surface area (Å²) in [5, 5.41) is 3.95. The third-order valence-corrected chi connectivity index (χ3v) is 3.43. The zero-order valence-corrected chi connectivity index (χ0v) is 13.1. The fourth-order valence-electron chi connectivity index (χ4n) is 1.64. The molecule has 1 aromatic rings. The molecule has 18 heavy (non-hydrogen) atoms. The Labute approximate surface area is 122 Å². The van der Waals surface area contributed by atoms with Crippen molar-refractivity contribution in [2.45, 2.75) is 39.2 Å². The molecule has 0 aliphatic rings. The van der Waals surface area contributed by atoms with Crippen molar-refractivity contribution in [3.05, 3.63) is 33.3 Å². The van der Waals surface area contributed by atoms with Crippen LogP contribution in [0.15, 0.2) is 22.7 Å². The van der Waals surface area contributed by atoms with E-state index in [0.29, 0.717) is 23.9 Å². The van der Waals surface area contributed by atoms with Crippen LogP contribution in [0.4, 0.5) is 0 Å². The van der Waals surface area contributed by atoms with Gasteiger partial charge in [-0.25, -0.2) is 0 Å². The van der Waals surface area contributed by atoms with E-state index in [4.69, 9.17) is 11.6 Å². The Balaban J connectivity index is 2.35. The van der Waals surface area contributed by atoms with Crippen molar-refractivity contribution in [2.75, 3.05) is 6.54 Å². The zero-order chi connectivity index (χ0) is 13.5. The van der Waals surface area contributed by atoms with E-state index in [9.17, 15) is 4.79 Å². The van der Waals surface area contributed by atoms with Gasteiger partial charge in [0.2, 0.25) is 0 Å². The number of halogens is 2. The maximum atomic E-state index is 11.8. The van der Waals surface area contributed by atoms with E-state index in [1.54, 1.807) is 0 Å². The largest absolute Gasteiger partial charge is 0.315 e. The van der Waals surface area contributed by atoms with E-state index in [2.05, 4.69) is 35.1 Å². The van der Waals surface area contributed by atoms with Gasteiger partial charge >= 0.3 is 0 Å². The first kappa shape index (κ1) is 15.7. The zero-order valence-electron chi connectivity index (χ0n) is 10.8. The van der Waals surface area contributed by atoms with Crippen molar-refractivity contribution in [1.82, 2.24) is 5.32 Å². The first-order valence-electron chi connectivity index (χ1n) is 6.18. The number of hydrogen-bond donors (Lipinski definition) is 1. The Kier molecular flexibility index (Phi) is 6.90. The molecule has 1 rings (SSSR count). The molecule has 0 saturated heterocycles. The van der Waals surface area contributed by atoms with E-state index in [-0.39, 0.29) is 5.78 Å². The Morgan fingerprint density at radius 1 is 1.44 bits per heavy atom. The van der Waals surface area contributed by atoms with Crippen LogP contribution in [-0.4, -0.2) is 18.4 Å². The topological polar surface area (TPSA) is 29.1 Å². The predicted octanol–water partition coefficient (Wildman–Crippen LogP) is 3.99. The summed E-state index contributed by atoms with van der Waals surface area (Å²) in [6.45, 7) is 5.09. The molecule has 0 bridgehead atoms. The highest BCUT2D eigenvalue weighted by Crippen LogP contribution is 2.22. The van der Waals surface area contributed by atoms with Crippen LogP contribution < -0.4 is 5.32 Å². The molecule has 1 aromatic carbocycles. The Bertz CT molecular complexity index is 407. The summed E-state index contributed by atoms with van der Waals surface area (Å²) < 4.78 is 0.935. The van der Waals surface area contributed by atoms with Crippen LogP contribution in [0.25, 0.3) is 0 Å². The van der Waals surface area contributed by atoms with Gasteiger partial charge in [-0.2, -0.15) is 0 Å². The molecule has 0 radical (unpaired) electrons. The molecule has 0 aliphatic carbocycles. The first-order chi connectivity index (χ1) is 8.49. The third-order valence-electron chi connectivity index (χ3n) is 2.59. The minimum absolute atomic E-state index is 0.241. The van der Waals surface area contributed by atoms with E-state index >= 15 is 0 Å². The van der Waals surface area contributed by atoms with E-state index in [1.807, 2.05) is 18.2 Å². The Hall–Kier alpha value is -0.380. The molecule has 0 heterocycles. The van der Waals surface area contributed by atoms with Gasteiger partial charge in [0, 0.05) is 28.4 Å². The van der Waals surface area contributed by atoms with Gasteiger partial charge < -0.3 is 5.32 Å². The van der Waals surface area contributed by atoms with Gasteiger partial charge in [0.05, 0.1) is 0 Å². The maximum Gasteiger partial charge on any atom is 0.137 e. The molecule has 1 N–H and O–H groups in total. The van der Waals surface area contributed by atoms with Crippen LogP contribution in [0.2, 0.25) is 5.02 Å². The Morgan fingerprint density at radius 3 is 2.78 bits per heavy atom. The molecule has 0 aromatic heterocycles. The van der Waals surface area contributed by atoms with Crippen molar-refractivity contribution in [2.24, 2.45) is 0 Å². The monoisotopic (exact) mass is 331 g/mol. The molecular weight excluding hydrogens is 314 g/mol. The van der Waals surface area contributed by atoms with Gasteiger partial charge in [-0.3, -0.25) is 4.79 Å². The Morgan fingerprint density at radius 2 is 2.17 bits per heavy atom. The van der Waals surface area contributed by atoms with E-state index < -0.39 is 0 Å². The van der Waals surface area contributed by atoms with Crippen LogP contribution in [0.5, 0.6) is 0 Å². The lowest BCUT2D eigenvalue weighted by Crippen LogP contribution is -2.24. The quantitative estimate of drug-likeness (QED) is 0.765. The fraction of sp³-hybridized carbons (Fsp3) is 0.500. The molecule has 4 heteroatoms. The summed E-state index contributed by atoms with van der Waals surface area (Å²) in [6, 6.07) is 6.11. The average molecular weight is 333 g/mol. The van der Waals surface area contributed by atoms with Crippen LogP contribution in [0, 0.1) is 0 Å². The smallest absolute Gasteiger partial charge is 0.137 e. The SMILES string of the molecule is CC(C)NCCCC(=O)Cc1ccc(Br)cc1Cl. The summed E-state index contributed by atoms with van der Waals surface area (Å²) in [7, 11) is 0. The molecule has 0 aliphatic heterocycles. The number of rotatable bonds is 7. The second-order valence-electron chi connectivity index (χ2n) is 4.66. The van der Waals surface area contributed by atoms with Crippen LogP contribution in [0.1, 0.15) is 32.3 Å². The van der Waals surface area contributed by atoms with Gasteiger partial charge in [0.1, 0.15) is 5.78 Å². The number of carbonyl (C=O) groups is 1. The second-order valence-corrected chi connectivity index (χ2v) is 5.99. The van der Waals surface area contributed by atoms with Crippen molar-refractivity contribution >= 4 is 33.3 Å². The van der Waals surface area contributed by atoms with Gasteiger partial charge in [0.25, 0.3) is 0 Å². The number of nitrogens with one attached hydrogen (secondary N) is 1. The predicted molar refractivity (Wildman–Crippen MR) is 80.2 cm³/mol.